The molecular formula is C13H22N4O. The molecule has 0 spiro atoms. The van der Waals surface area contributed by atoms with Crippen molar-refractivity contribution >= 4 is 5.91 Å². The first kappa shape index (κ1) is 13.1. The molecule has 0 aliphatic carbocycles. The van der Waals surface area contributed by atoms with E-state index in [0.29, 0.717) is 6.04 Å². The highest BCUT2D eigenvalue weighted by Crippen LogP contribution is 2.21. The molecule has 18 heavy (non-hydrogen) atoms. The van der Waals surface area contributed by atoms with E-state index in [4.69, 9.17) is 0 Å². The molecule has 0 radical (unpaired) electrons. The normalized spacial score (nSPS) is 20.2. The Kier molecular flexibility index (Phi) is 4.36. The van der Waals surface area contributed by atoms with Crippen LogP contribution in [0.5, 0.6) is 0 Å². The third kappa shape index (κ3) is 3.57. The Morgan fingerprint density at radius 1 is 1.61 bits per heavy atom. The molecule has 5 nitrogen and oxygen atoms in total. The van der Waals surface area contributed by atoms with Gasteiger partial charge in [0.05, 0.1) is 6.20 Å². The molecule has 1 N–H and O–H groups in total. The summed E-state index contributed by atoms with van der Waals surface area (Å²) in [4.78, 5) is 13.4. The van der Waals surface area contributed by atoms with E-state index >= 15 is 0 Å². The van der Waals surface area contributed by atoms with E-state index in [1.54, 1.807) is 6.92 Å². The van der Waals surface area contributed by atoms with E-state index in [2.05, 4.69) is 21.5 Å². The summed E-state index contributed by atoms with van der Waals surface area (Å²) in [5.74, 6) is 0.0619. The van der Waals surface area contributed by atoms with Crippen molar-refractivity contribution in [1.29, 1.82) is 0 Å². The SMILES string of the molecule is CC(=O)NCCC1CCCN1Cc1cnn(C)c1. The van der Waals surface area contributed by atoms with Crippen LogP contribution in [0.15, 0.2) is 12.4 Å². The van der Waals surface area contributed by atoms with Crippen LogP contribution in [0.2, 0.25) is 0 Å². The van der Waals surface area contributed by atoms with Gasteiger partial charge in [-0.25, -0.2) is 0 Å². The molecule has 100 valence electrons. The molecule has 5 heteroatoms. The molecule has 2 heterocycles. The van der Waals surface area contributed by atoms with Crippen molar-refractivity contribution < 1.29 is 4.79 Å². The van der Waals surface area contributed by atoms with E-state index in [1.165, 1.54) is 18.4 Å². The Morgan fingerprint density at radius 2 is 2.44 bits per heavy atom. The number of hydrogen-bond acceptors (Lipinski definition) is 3. The highest BCUT2D eigenvalue weighted by atomic mass is 16.1. The molecule has 1 amide bonds. The molecule has 1 atom stereocenters. The van der Waals surface area contributed by atoms with Crippen LogP contribution in [0.3, 0.4) is 0 Å². The maximum atomic E-state index is 10.9. The molecular weight excluding hydrogens is 228 g/mol. The smallest absolute Gasteiger partial charge is 0.216 e. The Bertz CT molecular complexity index is 401. The van der Waals surface area contributed by atoms with Crippen molar-refractivity contribution in [3.05, 3.63) is 18.0 Å². The van der Waals surface area contributed by atoms with Crippen LogP contribution < -0.4 is 5.32 Å². The van der Waals surface area contributed by atoms with Gasteiger partial charge in [-0.15, -0.1) is 0 Å². The molecule has 1 aromatic heterocycles. The minimum atomic E-state index is 0.0619. The summed E-state index contributed by atoms with van der Waals surface area (Å²) in [6, 6.07) is 0.594. The predicted molar refractivity (Wildman–Crippen MR) is 69.9 cm³/mol. The third-order valence-corrected chi connectivity index (χ3v) is 3.49. The second-order valence-corrected chi connectivity index (χ2v) is 5.06. The summed E-state index contributed by atoms with van der Waals surface area (Å²) in [5, 5.41) is 7.08. The number of nitrogens with zero attached hydrogens (tertiary/aromatic N) is 3. The lowest BCUT2D eigenvalue weighted by atomic mass is 10.1. The summed E-state index contributed by atoms with van der Waals surface area (Å²) < 4.78 is 1.84. The fourth-order valence-electron chi connectivity index (χ4n) is 2.63. The van der Waals surface area contributed by atoms with Crippen LogP contribution in [0.25, 0.3) is 0 Å². The van der Waals surface area contributed by atoms with Gasteiger partial charge in [0.25, 0.3) is 0 Å². The van der Waals surface area contributed by atoms with Crippen molar-refractivity contribution in [3.63, 3.8) is 0 Å². The molecule has 2 rings (SSSR count). The first-order valence-electron chi connectivity index (χ1n) is 6.61. The van der Waals surface area contributed by atoms with Crippen LogP contribution in [-0.2, 0) is 18.4 Å². The summed E-state index contributed by atoms with van der Waals surface area (Å²) in [6.45, 7) is 4.48. The number of amides is 1. The Morgan fingerprint density at radius 3 is 3.11 bits per heavy atom. The van der Waals surface area contributed by atoms with E-state index in [1.807, 2.05) is 17.9 Å². The Hall–Kier alpha value is -1.36. The molecule has 1 aromatic rings. The van der Waals surface area contributed by atoms with Gasteiger partial charge in [-0.2, -0.15) is 5.10 Å². The Balaban J connectivity index is 1.81. The van der Waals surface area contributed by atoms with Crippen LogP contribution in [0.1, 0.15) is 31.7 Å². The number of carbonyl (C=O) groups is 1. The maximum Gasteiger partial charge on any atom is 0.216 e. The highest BCUT2D eigenvalue weighted by molar-refractivity contribution is 5.72. The van der Waals surface area contributed by atoms with Crippen molar-refractivity contribution in [2.24, 2.45) is 7.05 Å². The number of carbonyl (C=O) groups excluding carboxylic acids is 1. The lowest BCUT2D eigenvalue weighted by Gasteiger charge is -2.23. The summed E-state index contributed by atoms with van der Waals surface area (Å²) in [7, 11) is 1.95. The molecule has 1 aliphatic heterocycles. The fourth-order valence-corrected chi connectivity index (χ4v) is 2.63. The molecule has 1 saturated heterocycles. The van der Waals surface area contributed by atoms with E-state index in [0.717, 1.165) is 26.1 Å². The van der Waals surface area contributed by atoms with Gasteiger partial charge >= 0.3 is 0 Å². The van der Waals surface area contributed by atoms with Crippen molar-refractivity contribution in [1.82, 2.24) is 20.0 Å². The lowest BCUT2D eigenvalue weighted by Crippen LogP contribution is -2.33. The van der Waals surface area contributed by atoms with E-state index in [9.17, 15) is 4.79 Å². The first-order valence-corrected chi connectivity index (χ1v) is 6.61. The quantitative estimate of drug-likeness (QED) is 0.845. The minimum Gasteiger partial charge on any atom is -0.356 e. The zero-order valence-electron chi connectivity index (χ0n) is 11.2. The summed E-state index contributed by atoms with van der Waals surface area (Å²) >= 11 is 0. The van der Waals surface area contributed by atoms with Crippen LogP contribution in [0, 0.1) is 0 Å². The molecule has 1 fully saturated rings. The number of aryl methyl sites for hydroxylation is 1. The van der Waals surface area contributed by atoms with Gasteiger partial charge < -0.3 is 5.32 Å². The molecule has 1 unspecified atom stereocenters. The van der Waals surface area contributed by atoms with Gasteiger partial charge in [-0.05, 0) is 25.8 Å². The monoisotopic (exact) mass is 250 g/mol. The van der Waals surface area contributed by atoms with Crippen molar-refractivity contribution in [3.8, 4) is 0 Å². The van der Waals surface area contributed by atoms with Crippen LogP contribution in [-0.4, -0.2) is 39.7 Å². The van der Waals surface area contributed by atoms with Crippen LogP contribution >= 0.6 is 0 Å². The average molecular weight is 250 g/mol. The number of hydrogen-bond donors (Lipinski definition) is 1. The molecule has 0 aromatic carbocycles. The van der Waals surface area contributed by atoms with Crippen LogP contribution in [0.4, 0.5) is 0 Å². The number of nitrogens with one attached hydrogen (secondary N) is 1. The summed E-state index contributed by atoms with van der Waals surface area (Å²) in [6.07, 6.45) is 7.54. The predicted octanol–water partition coefficient (Wildman–Crippen LogP) is 0.911. The Labute approximate surface area is 108 Å². The molecule has 0 saturated carbocycles. The number of aromatic nitrogens is 2. The van der Waals surface area contributed by atoms with E-state index in [-0.39, 0.29) is 5.91 Å². The number of rotatable bonds is 5. The molecule has 1 aliphatic rings. The minimum absolute atomic E-state index is 0.0619. The largest absolute Gasteiger partial charge is 0.356 e. The van der Waals surface area contributed by atoms with Crippen molar-refractivity contribution in [2.45, 2.75) is 38.8 Å². The maximum absolute atomic E-state index is 10.9. The summed E-state index contributed by atoms with van der Waals surface area (Å²) in [5.41, 5.74) is 1.27. The number of likely N-dealkylation sites (tertiary alicyclic amines) is 1. The van der Waals surface area contributed by atoms with Gasteiger partial charge in [0.1, 0.15) is 0 Å². The average Bonchev–Trinajstić information content (AvgIpc) is 2.89. The van der Waals surface area contributed by atoms with Gasteiger partial charge in [-0.1, -0.05) is 0 Å². The standard InChI is InChI=1S/C13H22N4O/c1-11(18)14-6-5-13-4-3-7-17(13)10-12-8-15-16(2)9-12/h8-9,13H,3-7,10H2,1-2H3,(H,14,18). The van der Waals surface area contributed by atoms with E-state index < -0.39 is 0 Å². The second kappa shape index (κ2) is 6.00. The lowest BCUT2D eigenvalue weighted by molar-refractivity contribution is -0.119. The third-order valence-electron chi connectivity index (χ3n) is 3.49. The highest BCUT2D eigenvalue weighted by Gasteiger charge is 2.24. The fraction of sp³-hybridized carbons (Fsp3) is 0.692. The second-order valence-electron chi connectivity index (χ2n) is 5.06. The van der Waals surface area contributed by atoms with Gasteiger partial charge in [0.2, 0.25) is 5.91 Å². The van der Waals surface area contributed by atoms with Gasteiger partial charge in [0.15, 0.2) is 0 Å². The zero-order chi connectivity index (χ0) is 13.0. The van der Waals surface area contributed by atoms with Gasteiger partial charge in [-0.3, -0.25) is 14.4 Å². The molecule has 0 bridgehead atoms. The zero-order valence-corrected chi connectivity index (χ0v) is 11.2. The van der Waals surface area contributed by atoms with Crippen molar-refractivity contribution in [2.75, 3.05) is 13.1 Å². The van der Waals surface area contributed by atoms with Gasteiger partial charge in [0, 0.05) is 44.9 Å². The first-order chi connectivity index (χ1) is 8.65. The topological polar surface area (TPSA) is 50.2 Å².